The summed E-state index contributed by atoms with van der Waals surface area (Å²) in [4.78, 5) is 12.1. The number of hydrogen-bond donors (Lipinski definition) is 1. The van der Waals surface area contributed by atoms with Gasteiger partial charge in [-0.1, -0.05) is 20.8 Å². The molecule has 1 rings (SSSR count). The molecule has 0 atom stereocenters. The van der Waals surface area contributed by atoms with E-state index in [2.05, 4.69) is 19.2 Å². The molecule has 0 fully saturated rings. The third-order valence-corrected chi connectivity index (χ3v) is 5.42. The van der Waals surface area contributed by atoms with Crippen LogP contribution in [0.1, 0.15) is 34.1 Å². The molecule has 24 heavy (non-hydrogen) atoms. The van der Waals surface area contributed by atoms with Gasteiger partial charge in [0.1, 0.15) is 5.75 Å². The van der Waals surface area contributed by atoms with Crippen LogP contribution in [0.2, 0.25) is 0 Å². The van der Waals surface area contributed by atoms with Gasteiger partial charge in [-0.2, -0.15) is 4.31 Å². The van der Waals surface area contributed by atoms with E-state index in [1.165, 1.54) is 16.4 Å². The Balaban J connectivity index is 2.76. The van der Waals surface area contributed by atoms with Gasteiger partial charge in [0.15, 0.2) is 0 Å². The number of carbonyl (C=O) groups excluding carboxylic acids is 1. The minimum atomic E-state index is -3.70. The average Bonchev–Trinajstić information content (AvgIpc) is 2.53. The van der Waals surface area contributed by atoms with Gasteiger partial charge in [-0.05, 0) is 43.5 Å². The molecule has 0 aromatic heterocycles. The molecule has 0 saturated carbocycles. The monoisotopic (exact) mass is 356 g/mol. The highest BCUT2D eigenvalue weighted by Gasteiger charge is 2.25. The molecular weight excluding hydrogens is 328 g/mol. The van der Waals surface area contributed by atoms with Crippen LogP contribution in [-0.2, 0) is 14.8 Å². The Morgan fingerprint density at radius 3 is 2.33 bits per heavy atom. The normalized spacial score (nSPS) is 11.8. The molecule has 0 heterocycles. The van der Waals surface area contributed by atoms with Crippen LogP contribution in [0.15, 0.2) is 29.2 Å². The van der Waals surface area contributed by atoms with E-state index in [0.29, 0.717) is 24.8 Å². The van der Waals surface area contributed by atoms with Crippen LogP contribution in [0.4, 0.5) is 0 Å². The Hall–Kier alpha value is -1.60. The smallest absolute Gasteiger partial charge is 0.243 e. The van der Waals surface area contributed by atoms with E-state index in [-0.39, 0.29) is 23.9 Å². The largest absolute Gasteiger partial charge is 0.494 e. The lowest BCUT2D eigenvalue weighted by atomic mass is 10.1. The van der Waals surface area contributed by atoms with E-state index in [9.17, 15) is 13.2 Å². The third-order valence-electron chi connectivity index (χ3n) is 3.49. The van der Waals surface area contributed by atoms with E-state index in [0.717, 1.165) is 6.42 Å². The van der Waals surface area contributed by atoms with Gasteiger partial charge >= 0.3 is 0 Å². The van der Waals surface area contributed by atoms with Gasteiger partial charge in [-0.3, -0.25) is 4.79 Å². The second-order valence-corrected chi connectivity index (χ2v) is 7.81. The van der Waals surface area contributed by atoms with E-state index >= 15 is 0 Å². The van der Waals surface area contributed by atoms with Crippen LogP contribution in [0.25, 0.3) is 0 Å². The summed E-state index contributed by atoms with van der Waals surface area (Å²) >= 11 is 0. The van der Waals surface area contributed by atoms with Gasteiger partial charge in [-0.25, -0.2) is 8.42 Å². The first kappa shape index (κ1) is 20.4. The molecule has 136 valence electrons. The Kier molecular flexibility index (Phi) is 8.21. The molecule has 0 saturated heterocycles. The molecule has 0 spiro atoms. The lowest BCUT2D eigenvalue weighted by molar-refractivity contribution is -0.121. The molecule has 0 aliphatic heterocycles. The molecule has 1 aromatic rings. The Bertz CT molecular complexity index is 612. The Labute approximate surface area is 145 Å². The van der Waals surface area contributed by atoms with Crippen molar-refractivity contribution in [2.75, 3.05) is 26.2 Å². The first-order chi connectivity index (χ1) is 11.3. The van der Waals surface area contributed by atoms with E-state index in [1.807, 2.05) is 6.92 Å². The summed E-state index contributed by atoms with van der Waals surface area (Å²) in [6.07, 6.45) is 0.865. The van der Waals surface area contributed by atoms with E-state index < -0.39 is 10.0 Å². The molecule has 1 N–H and O–H groups in total. The van der Waals surface area contributed by atoms with Crippen molar-refractivity contribution in [2.45, 2.75) is 39.0 Å². The zero-order valence-electron chi connectivity index (χ0n) is 14.9. The summed E-state index contributed by atoms with van der Waals surface area (Å²) in [5.74, 6) is 0.818. The maximum atomic E-state index is 12.7. The second-order valence-electron chi connectivity index (χ2n) is 5.87. The zero-order valence-corrected chi connectivity index (χ0v) is 15.7. The first-order valence-electron chi connectivity index (χ1n) is 8.31. The molecule has 0 unspecified atom stereocenters. The number of nitrogens with zero attached hydrogens (tertiary/aromatic N) is 1. The van der Waals surface area contributed by atoms with Crippen molar-refractivity contribution in [1.29, 1.82) is 0 Å². The minimum absolute atomic E-state index is 0.155. The molecule has 7 heteroatoms. The summed E-state index contributed by atoms with van der Waals surface area (Å²) in [6, 6.07) is 6.24. The number of amides is 1. The molecule has 1 amide bonds. The number of likely N-dealkylation sites (N-methyl/N-ethyl adjacent to an activating group) is 1. The number of rotatable bonds is 10. The molecule has 0 aliphatic carbocycles. The highest BCUT2D eigenvalue weighted by atomic mass is 32.2. The van der Waals surface area contributed by atoms with Gasteiger partial charge in [0.25, 0.3) is 0 Å². The molecule has 0 radical (unpaired) electrons. The van der Waals surface area contributed by atoms with E-state index in [1.54, 1.807) is 19.1 Å². The van der Waals surface area contributed by atoms with Crippen LogP contribution in [0, 0.1) is 5.92 Å². The number of benzene rings is 1. The van der Waals surface area contributed by atoms with Crippen molar-refractivity contribution in [1.82, 2.24) is 9.62 Å². The molecule has 0 bridgehead atoms. The van der Waals surface area contributed by atoms with Crippen LogP contribution in [-0.4, -0.2) is 44.9 Å². The van der Waals surface area contributed by atoms with Gasteiger partial charge in [0.05, 0.1) is 18.0 Å². The van der Waals surface area contributed by atoms with Crippen LogP contribution >= 0.6 is 0 Å². The van der Waals surface area contributed by atoms with Crippen LogP contribution in [0.5, 0.6) is 5.75 Å². The fourth-order valence-corrected chi connectivity index (χ4v) is 3.51. The summed E-state index contributed by atoms with van der Waals surface area (Å²) in [7, 11) is -3.70. The maximum absolute atomic E-state index is 12.7. The van der Waals surface area contributed by atoms with E-state index in [4.69, 9.17) is 4.74 Å². The van der Waals surface area contributed by atoms with Crippen molar-refractivity contribution < 1.29 is 17.9 Å². The van der Waals surface area contributed by atoms with Crippen LogP contribution < -0.4 is 10.1 Å². The van der Waals surface area contributed by atoms with Gasteiger partial charge in [0.2, 0.25) is 15.9 Å². The Morgan fingerprint density at radius 2 is 1.83 bits per heavy atom. The van der Waals surface area contributed by atoms with Crippen molar-refractivity contribution >= 4 is 15.9 Å². The SMILES string of the molecule is CCOc1ccc(S(=O)(=O)N(CC)CC(=O)NCCC(C)C)cc1. The Morgan fingerprint density at radius 1 is 1.21 bits per heavy atom. The summed E-state index contributed by atoms with van der Waals surface area (Å²) in [5.41, 5.74) is 0. The average molecular weight is 356 g/mol. The van der Waals surface area contributed by atoms with Crippen molar-refractivity contribution in [3.8, 4) is 5.75 Å². The highest BCUT2D eigenvalue weighted by molar-refractivity contribution is 7.89. The predicted molar refractivity (Wildman–Crippen MR) is 94.5 cm³/mol. The standard InChI is InChI=1S/C17H28N2O4S/c1-5-19(13-17(20)18-12-11-14(3)4)24(21,22)16-9-7-15(8-10-16)23-6-2/h7-10,14H,5-6,11-13H2,1-4H3,(H,18,20). The maximum Gasteiger partial charge on any atom is 0.243 e. The molecule has 0 aliphatic rings. The van der Waals surface area contributed by atoms with Gasteiger partial charge in [-0.15, -0.1) is 0 Å². The van der Waals surface area contributed by atoms with Gasteiger partial charge in [0, 0.05) is 13.1 Å². The molecule has 6 nitrogen and oxygen atoms in total. The second kappa shape index (κ2) is 9.64. The number of ether oxygens (including phenoxy) is 1. The number of sulfonamides is 1. The van der Waals surface area contributed by atoms with Crippen LogP contribution in [0.3, 0.4) is 0 Å². The lowest BCUT2D eigenvalue weighted by Gasteiger charge is -2.20. The zero-order chi connectivity index (χ0) is 18.2. The minimum Gasteiger partial charge on any atom is -0.494 e. The predicted octanol–water partition coefficient (Wildman–Crippen LogP) is 2.26. The highest BCUT2D eigenvalue weighted by Crippen LogP contribution is 2.19. The quantitative estimate of drug-likeness (QED) is 0.698. The lowest BCUT2D eigenvalue weighted by Crippen LogP contribution is -2.41. The third kappa shape index (κ3) is 6.13. The molecular formula is C17H28N2O4S. The fourth-order valence-electron chi connectivity index (χ4n) is 2.11. The first-order valence-corrected chi connectivity index (χ1v) is 9.75. The topological polar surface area (TPSA) is 75.7 Å². The number of nitrogens with one attached hydrogen (secondary N) is 1. The summed E-state index contributed by atoms with van der Waals surface area (Å²) < 4.78 is 31.8. The number of carbonyl (C=O) groups is 1. The van der Waals surface area contributed by atoms with Crippen molar-refractivity contribution in [2.24, 2.45) is 5.92 Å². The summed E-state index contributed by atoms with van der Waals surface area (Å²) in [6.45, 7) is 8.84. The summed E-state index contributed by atoms with van der Waals surface area (Å²) in [5, 5.41) is 2.76. The molecule has 1 aromatic carbocycles. The fraction of sp³-hybridized carbons (Fsp3) is 0.588. The van der Waals surface area contributed by atoms with Crippen molar-refractivity contribution in [3.63, 3.8) is 0 Å². The van der Waals surface area contributed by atoms with Gasteiger partial charge < -0.3 is 10.1 Å². The van der Waals surface area contributed by atoms with Crippen molar-refractivity contribution in [3.05, 3.63) is 24.3 Å². The number of hydrogen-bond acceptors (Lipinski definition) is 4.